The molecule has 7 nitrogen and oxygen atoms in total. The molecule has 0 saturated carbocycles. The Labute approximate surface area is 184 Å². The van der Waals surface area contributed by atoms with Crippen molar-refractivity contribution in [1.82, 2.24) is 9.88 Å². The number of carbonyl (C=O) groups excluding carboxylic acids is 1. The second-order valence-electron chi connectivity index (χ2n) is 8.62. The molecule has 0 radical (unpaired) electrons. The van der Waals surface area contributed by atoms with Gasteiger partial charge >= 0.3 is 6.09 Å². The first kappa shape index (κ1) is 23.0. The molecule has 1 atom stereocenters. The van der Waals surface area contributed by atoms with Gasteiger partial charge in [0, 0.05) is 18.3 Å². The van der Waals surface area contributed by atoms with Gasteiger partial charge in [-0.05, 0) is 50.8 Å². The molecule has 1 aromatic carbocycles. The monoisotopic (exact) mass is 428 g/mol. The molecule has 31 heavy (non-hydrogen) atoms. The van der Waals surface area contributed by atoms with E-state index >= 15 is 0 Å². The number of pyridine rings is 1. The lowest BCUT2D eigenvalue weighted by molar-refractivity contribution is -0.0141. The highest BCUT2D eigenvalue weighted by Crippen LogP contribution is 2.26. The normalized spacial score (nSPS) is 16.0. The molecule has 3 rings (SSSR count). The van der Waals surface area contributed by atoms with Crippen molar-refractivity contribution >= 4 is 6.09 Å². The lowest BCUT2D eigenvalue weighted by atomic mass is 10.0. The van der Waals surface area contributed by atoms with Crippen molar-refractivity contribution in [3.8, 4) is 16.9 Å². The van der Waals surface area contributed by atoms with Crippen LogP contribution < -0.4 is 4.74 Å². The van der Waals surface area contributed by atoms with Crippen molar-refractivity contribution in [3.63, 3.8) is 0 Å². The van der Waals surface area contributed by atoms with Crippen LogP contribution in [0, 0.1) is 0 Å². The lowest BCUT2D eigenvalue weighted by Gasteiger charge is -2.40. The van der Waals surface area contributed by atoms with Crippen molar-refractivity contribution in [3.05, 3.63) is 48.3 Å². The van der Waals surface area contributed by atoms with Crippen LogP contribution in [0.2, 0.25) is 0 Å². The number of ether oxygens (including phenoxy) is 3. The first-order valence-corrected chi connectivity index (χ1v) is 10.7. The summed E-state index contributed by atoms with van der Waals surface area (Å²) in [4.78, 5) is 18.3. The summed E-state index contributed by atoms with van der Waals surface area (Å²) in [6.07, 6.45) is 4.88. The van der Waals surface area contributed by atoms with Crippen molar-refractivity contribution in [2.75, 3.05) is 33.0 Å². The Morgan fingerprint density at radius 2 is 2.03 bits per heavy atom. The van der Waals surface area contributed by atoms with Crippen molar-refractivity contribution in [1.29, 1.82) is 0 Å². The maximum atomic E-state index is 12.3. The highest BCUT2D eigenvalue weighted by molar-refractivity contribution is 5.69. The number of aliphatic hydroxyl groups excluding tert-OH is 1. The molecule has 0 aliphatic carbocycles. The molecule has 1 aliphatic rings. The van der Waals surface area contributed by atoms with E-state index in [-0.39, 0.29) is 18.7 Å². The van der Waals surface area contributed by atoms with E-state index in [9.17, 15) is 4.79 Å². The summed E-state index contributed by atoms with van der Waals surface area (Å²) in [5, 5.41) is 8.80. The largest absolute Gasteiger partial charge is 0.490 e. The van der Waals surface area contributed by atoms with E-state index in [0.717, 1.165) is 29.5 Å². The molecule has 2 aromatic rings. The zero-order valence-electron chi connectivity index (χ0n) is 18.5. The first-order chi connectivity index (χ1) is 14.9. The molecule has 1 saturated heterocycles. The molecule has 168 valence electrons. The third-order valence-corrected chi connectivity index (χ3v) is 4.96. The second-order valence-corrected chi connectivity index (χ2v) is 8.62. The van der Waals surface area contributed by atoms with Crippen LogP contribution in [0.15, 0.2) is 42.7 Å². The van der Waals surface area contributed by atoms with Gasteiger partial charge in [0.15, 0.2) is 0 Å². The smallest absolute Gasteiger partial charge is 0.410 e. The average Bonchev–Trinajstić information content (AvgIpc) is 2.69. The van der Waals surface area contributed by atoms with Gasteiger partial charge in [-0.2, -0.15) is 0 Å². The molecule has 7 heteroatoms. The number of amides is 1. The van der Waals surface area contributed by atoms with Crippen LogP contribution in [0.4, 0.5) is 4.79 Å². The highest BCUT2D eigenvalue weighted by Gasteiger charge is 2.35. The van der Waals surface area contributed by atoms with Gasteiger partial charge in [0.05, 0.1) is 32.1 Å². The lowest BCUT2D eigenvalue weighted by Crippen LogP contribution is -2.55. The molecule has 1 fully saturated rings. The third kappa shape index (κ3) is 6.94. The molecule has 2 heterocycles. The van der Waals surface area contributed by atoms with Crippen LogP contribution in [0.25, 0.3) is 11.1 Å². The van der Waals surface area contributed by atoms with Crippen molar-refractivity contribution in [2.24, 2.45) is 0 Å². The van der Waals surface area contributed by atoms with Gasteiger partial charge in [0.25, 0.3) is 0 Å². The molecule has 1 aliphatic heterocycles. The molecule has 0 bridgehead atoms. The Morgan fingerprint density at radius 1 is 1.19 bits per heavy atom. The zero-order chi connectivity index (χ0) is 22.3. The van der Waals surface area contributed by atoms with Crippen molar-refractivity contribution in [2.45, 2.75) is 45.3 Å². The number of aliphatic hydroxyl groups is 1. The zero-order valence-corrected chi connectivity index (χ0v) is 18.5. The number of hydrogen-bond acceptors (Lipinski definition) is 6. The average molecular weight is 429 g/mol. The summed E-state index contributed by atoms with van der Waals surface area (Å²) in [6.45, 7) is 7.66. The summed E-state index contributed by atoms with van der Waals surface area (Å²) in [5.74, 6) is 0.672. The summed E-state index contributed by atoms with van der Waals surface area (Å²) in [6, 6.07) is 10.2. The second kappa shape index (κ2) is 10.6. The van der Waals surface area contributed by atoms with Crippen LogP contribution in [-0.2, 0) is 15.9 Å². The van der Waals surface area contributed by atoms with Gasteiger partial charge in [0.2, 0.25) is 0 Å². The van der Waals surface area contributed by atoms with E-state index in [0.29, 0.717) is 32.1 Å². The molecule has 1 unspecified atom stereocenters. The van der Waals surface area contributed by atoms with E-state index in [1.807, 2.05) is 45.2 Å². The number of nitrogens with zero attached hydrogens (tertiary/aromatic N) is 2. The van der Waals surface area contributed by atoms with Crippen LogP contribution >= 0.6 is 0 Å². The fourth-order valence-electron chi connectivity index (χ4n) is 3.29. The maximum absolute atomic E-state index is 12.3. The highest BCUT2D eigenvalue weighted by atomic mass is 16.6. The van der Waals surface area contributed by atoms with Gasteiger partial charge in [-0.15, -0.1) is 0 Å². The quantitative estimate of drug-likeness (QED) is 0.614. The molecular weight excluding hydrogens is 396 g/mol. The van der Waals surface area contributed by atoms with Gasteiger partial charge in [-0.25, -0.2) is 4.79 Å². The summed E-state index contributed by atoms with van der Waals surface area (Å²) in [7, 11) is 0. The first-order valence-electron chi connectivity index (χ1n) is 10.7. The molecular formula is C24H32N2O5. The number of rotatable bonds is 9. The minimum absolute atomic E-state index is 0.0146. The SMILES string of the molecule is CC(C)(C)OC(=O)N1CCC1COc1cncc(-c2cccc(CCOCCO)c2)c1. The maximum Gasteiger partial charge on any atom is 0.410 e. The summed E-state index contributed by atoms with van der Waals surface area (Å²) < 4.78 is 16.8. The Morgan fingerprint density at radius 3 is 2.74 bits per heavy atom. The van der Waals surface area contributed by atoms with Crippen LogP contribution in [-0.4, -0.2) is 65.7 Å². The topological polar surface area (TPSA) is 81.1 Å². The fourth-order valence-corrected chi connectivity index (χ4v) is 3.29. The van der Waals surface area contributed by atoms with Crippen LogP contribution in [0.1, 0.15) is 32.8 Å². The molecule has 0 spiro atoms. The van der Waals surface area contributed by atoms with Gasteiger partial charge < -0.3 is 24.2 Å². The van der Waals surface area contributed by atoms with Crippen molar-refractivity contribution < 1.29 is 24.1 Å². The van der Waals surface area contributed by atoms with E-state index in [4.69, 9.17) is 19.3 Å². The number of carbonyl (C=O) groups is 1. The van der Waals surface area contributed by atoms with Gasteiger partial charge in [0.1, 0.15) is 18.0 Å². The minimum atomic E-state index is -0.504. The fraction of sp³-hybridized carbons (Fsp3) is 0.500. The minimum Gasteiger partial charge on any atom is -0.490 e. The van der Waals surface area contributed by atoms with E-state index in [1.54, 1.807) is 11.1 Å². The Balaban J connectivity index is 1.57. The molecule has 1 N–H and O–H groups in total. The Kier molecular flexibility index (Phi) is 7.87. The molecule has 1 amide bonds. The summed E-state index contributed by atoms with van der Waals surface area (Å²) >= 11 is 0. The van der Waals surface area contributed by atoms with Crippen LogP contribution in [0.3, 0.4) is 0 Å². The predicted octanol–water partition coefficient (Wildman–Crippen LogP) is 3.69. The van der Waals surface area contributed by atoms with Gasteiger partial charge in [-0.1, -0.05) is 24.3 Å². The number of hydrogen-bond donors (Lipinski definition) is 1. The Bertz CT molecular complexity index is 865. The van der Waals surface area contributed by atoms with Crippen LogP contribution in [0.5, 0.6) is 5.75 Å². The van der Waals surface area contributed by atoms with E-state index in [2.05, 4.69) is 17.1 Å². The molecule has 1 aromatic heterocycles. The van der Waals surface area contributed by atoms with E-state index in [1.165, 1.54) is 0 Å². The summed E-state index contributed by atoms with van der Waals surface area (Å²) in [5.41, 5.74) is 2.67. The standard InChI is InChI=1S/C24H32N2O5/c1-24(2,3)31-23(28)26-9-7-21(26)17-30-22-14-20(15-25-16-22)19-6-4-5-18(13-19)8-11-29-12-10-27/h4-6,13-16,21,27H,7-12,17H2,1-3H3. The number of aromatic nitrogens is 1. The third-order valence-electron chi connectivity index (χ3n) is 4.96. The van der Waals surface area contributed by atoms with E-state index < -0.39 is 5.60 Å². The predicted molar refractivity (Wildman–Crippen MR) is 118 cm³/mol. The number of benzene rings is 1. The number of likely N-dealkylation sites (tertiary alicyclic amines) is 1. The Hall–Kier alpha value is -2.64. The van der Waals surface area contributed by atoms with Gasteiger partial charge in [-0.3, -0.25) is 4.98 Å².